The van der Waals surface area contributed by atoms with E-state index in [2.05, 4.69) is 15.2 Å². The summed E-state index contributed by atoms with van der Waals surface area (Å²) in [6.45, 7) is -1.26. The van der Waals surface area contributed by atoms with Crippen LogP contribution >= 0.6 is 12.2 Å². The van der Waals surface area contributed by atoms with E-state index >= 15 is 0 Å². The van der Waals surface area contributed by atoms with E-state index in [1.165, 1.54) is 12.3 Å². The molecule has 0 atom stereocenters. The van der Waals surface area contributed by atoms with Gasteiger partial charge in [0.2, 0.25) is 0 Å². The van der Waals surface area contributed by atoms with Crippen LogP contribution in [0.1, 0.15) is 0 Å². The molecule has 0 aliphatic heterocycles. The first-order valence-electron chi connectivity index (χ1n) is 5.14. The van der Waals surface area contributed by atoms with Gasteiger partial charge in [0.1, 0.15) is 5.69 Å². The number of aromatic amines is 1. The fourth-order valence-corrected chi connectivity index (χ4v) is 1.63. The third-order valence-corrected chi connectivity index (χ3v) is 2.65. The summed E-state index contributed by atoms with van der Waals surface area (Å²) in [5, 5.41) is 6.03. The zero-order valence-corrected chi connectivity index (χ0v) is 10.2. The van der Waals surface area contributed by atoms with Crippen LogP contribution in [0.5, 0.6) is 0 Å². The smallest absolute Gasteiger partial charge is 0.293 e. The van der Waals surface area contributed by atoms with Gasteiger partial charge in [-0.05, 0) is 24.4 Å². The van der Waals surface area contributed by atoms with E-state index in [0.717, 1.165) is 4.57 Å². The van der Waals surface area contributed by atoms with Crippen molar-refractivity contribution in [3.63, 3.8) is 0 Å². The van der Waals surface area contributed by atoms with Gasteiger partial charge in [0.05, 0.1) is 6.54 Å². The van der Waals surface area contributed by atoms with E-state index in [0.29, 0.717) is 0 Å². The molecule has 0 bridgehead atoms. The van der Waals surface area contributed by atoms with Crippen LogP contribution < -0.4 is 0 Å². The molecule has 0 unspecified atom stereocenters. The first kappa shape index (κ1) is 13.7. The second-order valence-corrected chi connectivity index (χ2v) is 4.10. The molecule has 9 heteroatoms. The Balaban J connectivity index is 2.42. The van der Waals surface area contributed by atoms with Gasteiger partial charge in [0.25, 0.3) is 0 Å². The number of hydrogen-bond acceptors (Lipinski definition) is 3. The molecule has 102 valence electrons. The SMILES string of the molecule is FC(F)C(F)(F)Cn1c(-c2ccccn2)n[nH]c1=S. The summed E-state index contributed by atoms with van der Waals surface area (Å²) in [5.41, 5.74) is 0.264. The van der Waals surface area contributed by atoms with Crippen molar-refractivity contribution < 1.29 is 17.6 Å². The highest BCUT2D eigenvalue weighted by atomic mass is 32.1. The molecule has 4 nitrogen and oxygen atoms in total. The summed E-state index contributed by atoms with van der Waals surface area (Å²) in [6, 6.07) is 4.76. The lowest BCUT2D eigenvalue weighted by Crippen LogP contribution is -2.32. The minimum Gasteiger partial charge on any atom is -0.293 e. The zero-order valence-electron chi connectivity index (χ0n) is 9.36. The summed E-state index contributed by atoms with van der Waals surface area (Å²) in [4.78, 5) is 3.92. The Bertz CT molecular complexity index is 607. The first-order chi connectivity index (χ1) is 8.92. The van der Waals surface area contributed by atoms with Crippen LogP contribution in [0.15, 0.2) is 24.4 Å². The van der Waals surface area contributed by atoms with Crippen molar-refractivity contribution in [2.75, 3.05) is 0 Å². The molecule has 1 N–H and O–H groups in total. The Morgan fingerprint density at radius 2 is 2.11 bits per heavy atom. The number of H-pyrrole nitrogens is 1. The van der Waals surface area contributed by atoms with Gasteiger partial charge in [-0.1, -0.05) is 6.07 Å². The number of nitrogens with one attached hydrogen (secondary N) is 1. The molecule has 0 fully saturated rings. The average Bonchev–Trinajstić information content (AvgIpc) is 2.71. The monoisotopic (exact) mass is 292 g/mol. The minimum absolute atomic E-state index is 0.00840. The lowest BCUT2D eigenvalue weighted by Gasteiger charge is -2.16. The second kappa shape index (κ2) is 5.08. The molecule has 2 rings (SSSR count). The number of rotatable bonds is 4. The third-order valence-electron chi connectivity index (χ3n) is 2.34. The summed E-state index contributed by atoms with van der Waals surface area (Å²) in [6.07, 6.45) is -2.34. The highest BCUT2D eigenvalue weighted by molar-refractivity contribution is 7.71. The molecule has 0 amide bonds. The van der Waals surface area contributed by atoms with E-state index in [4.69, 9.17) is 12.2 Å². The van der Waals surface area contributed by atoms with Crippen LogP contribution in [0.2, 0.25) is 0 Å². The first-order valence-corrected chi connectivity index (χ1v) is 5.55. The summed E-state index contributed by atoms with van der Waals surface area (Å²) in [5.74, 6) is -4.20. The Kier molecular flexibility index (Phi) is 3.65. The number of pyridine rings is 1. The van der Waals surface area contributed by atoms with E-state index in [1.54, 1.807) is 12.1 Å². The molecule has 0 spiro atoms. The Labute approximate surface area is 110 Å². The van der Waals surface area contributed by atoms with Crippen molar-refractivity contribution in [1.29, 1.82) is 0 Å². The van der Waals surface area contributed by atoms with Gasteiger partial charge in [-0.3, -0.25) is 14.6 Å². The number of halogens is 4. The van der Waals surface area contributed by atoms with Crippen LogP contribution in [-0.2, 0) is 6.54 Å². The molecule has 0 saturated carbocycles. The maximum atomic E-state index is 13.1. The van der Waals surface area contributed by atoms with Gasteiger partial charge in [-0.15, -0.1) is 0 Å². The normalized spacial score (nSPS) is 12.1. The zero-order chi connectivity index (χ0) is 14.0. The number of hydrogen-bond donors (Lipinski definition) is 1. The van der Waals surface area contributed by atoms with E-state index in [1.807, 2.05) is 0 Å². The molecular formula is C10H8F4N4S. The third kappa shape index (κ3) is 2.80. The second-order valence-electron chi connectivity index (χ2n) is 3.72. The predicted octanol–water partition coefficient (Wildman–Crippen LogP) is 2.90. The highest BCUT2D eigenvalue weighted by Gasteiger charge is 2.42. The highest BCUT2D eigenvalue weighted by Crippen LogP contribution is 2.27. The van der Waals surface area contributed by atoms with Gasteiger partial charge in [-0.25, -0.2) is 8.78 Å². The number of aromatic nitrogens is 4. The van der Waals surface area contributed by atoms with Gasteiger partial charge in [0, 0.05) is 6.20 Å². The van der Waals surface area contributed by atoms with Crippen molar-refractivity contribution in [2.45, 2.75) is 18.9 Å². The van der Waals surface area contributed by atoms with Crippen LogP contribution in [0.3, 0.4) is 0 Å². The molecule has 0 aliphatic carbocycles. The van der Waals surface area contributed by atoms with Crippen molar-refractivity contribution in [3.05, 3.63) is 29.2 Å². The lowest BCUT2D eigenvalue weighted by atomic mass is 10.3. The molecule has 0 saturated heterocycles. The molecule has 2 aromatic heterocycles. The fourth-order valence-electron chi connectivity index (χ4n) is 1.43. The Morgan fingerprint density at radius 1 is 1.37 bits per heavy atom. The topological polar surface area (TPSA) is 46.5 Å². The summed E-state index contributed by atoms with van der Waals surface area (Å²) in [7, 11) is 0. The van der Waals surface area contributed by atoms with Gasteiger partial charge < -0.3 is 0 Å². The quantitative estimate of drug-likeness (QED) is 0.696. The Morgan fingerprint density at radius 3 is 2.68 bits per heavy atom. The fraction of sp³-hybridized carbons (Fsp3) is 0.300. The summed E-state index contributed by atoms with van der Waals surface area (Å²) < 4.78 is 51.3. The molecule has 0 aromatic carbocycles. The molecule has 0 radical (unpaired) electrons. The van der Waals surface area contributed by atoms with Gasteiger partial charge in [-0.2, -0.15) is 13.9 Å². The van der Waals surface area contributed by atoms with Crippen molar-refractivity contribution >= 4 is 12.2 Å². The number of nitrogens with zero attached hydrogens (tertiary/aromatic N) is 3. The molecule has 2 aromatic rings. The van der Waals surface area contributed by atoms with Crippen LogP contribution in [0.4, 0.5) is 17.6 Å². The van der Waals surface area contributed by atoms with Crippen LogP contribution in [-0.4, -0.2) is 32.1 Å². The molecule has 19 heavy (non-hydrogen) atoms. The number of alkyl halides is 4. The maximum Gasteiger partial charge on any atom is 0.325 e. The molecule has 2 heterocycles. The molecule has 0 aliphatic rings. The van der Waals surface area contributed by atoms with Gasteiger partial charge in [0.15, 0.2) is 10.6 Å². The minimum atomic E-state index is -4.19. The maximum absolute atomic E-state index is 13.1. The van der Waals surface area contributed by atoms with Crippen molar-refractivity contribution in [1.82, 2.24) is 19.7 Å². The largest absolute Gasteiger partial charge is 0.325 e. The van der Waals surface area contributed by atoms with Crippen LogP contribution in [0, 0.1) is 4.77 Å². The summed E-state index contributed by atoms with van der Waals surface area (Å²) >= 11 is 4.77. The van der Waals surface area contributed by atoms with E-state index in [-0.39, 0.29) is 16.3 Å². The van der Waals surface area contributed by atoms with Gasteiger partial charge >= 0.3 is 12.3 Å². The van der Waals surface area contributed by atoms with Crippen LogP contribution in [0.25, 0.3) is 11.5 Å². The van der Waals surface area contributed by atoms with E-state index in [9.17, 15) is 17.6 Å². The van der Waals surface area contributed by atoms with Crippen molar-refractivity contribution in [2.24, 2.45) is 0 Å². The van der Waals surface area contributed by atoms with E-state index < -0.39 is 18.9 Å². The predicted molar refractivity (Wildman–Crippen MR) is 61.6 cm³/mol. The van der Waals surface area contributed by atoms with Crippen molar-refractivity contribution in [3.8, 4) is 11.5 Å². The molecular weight excluding hydrogens is 284 g/mol. The lowest BCUT2D eigenvalue weighted by molar-refractivity contribution is -0.137. The average molecular weight is 292 g/mol. The Hall–Kier alpha value is -1.77. The standard InChI is InChI=1S/C10H8F4N4S/c11-8(12)10(13,14)5-18-7(16-17-9(18)19)6-3-1-2-4-15-6/h1-4,8H,5H2,(H,17,19).